The van der Waals surface area contributed by atoms with Gasteiger partial charge >= 0.3 is 6.09 Å². The first-order valence-electron chi connectivity index (χ1n) is 12.8. The van der Waals surface area contributed by atoms with Crippen LogP contribution in [-0.4, -0.2) is 63.7 Å². The van der Waals surface area contributed by atoms with Crippen LogP contribution in [0.25, 0.3) is 5.69 Å². The van der Waals surface area contributed by atoms with E-state index in [1.54, 1.807) is 37.3 Å². The molecule has 13 nitrogen and oxygen atoms in total. The average molecular weight is 583 g/mol. The molecule has 3 rings (SSSR count). The Bertz CT molecular complexity index is 1410. The van der Waals surface area contributed by atoms with Crippen LogP contribution in [0.1, 0.15) is 42.6 Å². The number of anilines is 2. The van der Waals surface area contributed by atoms with E-state index in [1.807, 2.05) is 6.92 Å². The number of allylic oxidation sites excluding steroid dienone is 1. The monoisotopic (exact) mass is 582 g/mol. The molecular weight excluding hydrogens is 552 g/mol. The summed E-state index contributed by atoms with van der Waals surface area (Å²) >= 11 is 6.18. The van der Waals surface area contributed by atoms with Crippen LogP contribution in [-0.2, 0) is 20.7 Å². The van der Waals surface area contributed by atoms with E-state index >= 15 is 0 Å². The molecule has 0 bridgehead atoms. The van der Waals surface area contributed by atoms with Crippen LogP contribution in [0.4, 0.5) is 16.2 Å². The lowest BCUT2D eigenvalue weighted by molar-refractivity contribution is -0.122. The topological polar surface area (TPSA) is 169 Å². The summed E-state index contributed by atoms with van der Waals surface area (Å²) in [6.07, 6.45) is 5.12. The zero-order valence-corrected chi connectivity index (χ0v) is 23.6. The number of benzene rings is 2. The van der Waals surface area contributed by atoms with Gasteiger partial charge < -0.3 is 20.7 Å². The molecule has 4 amide bonds. The SMILES string of the molecule is C/C=C/CC(NC(=O)c1ccc(NC(=O)OC)cc1NC(=O)CC)C(=O)NCCc1cc(Cl)ccc1-n1cnnn1. The lowest BCUT2D eigenvalue weighted by atomic mass is 10.1. The molecule has 4 N–H and O–H groups in total. The van der Waals surface area contributed by atoms with Gasteiger partial charge in [-0.15, -0.1) is 5.10 Å². The molecule has 3 aromatic rings. The highest BCUT2D eigenvalue weighted by Gasteiger charge is 2.23. The minimum Gasteiger partial charge on any atom is -0.453 e. The molecule has 0 aliphatic carbocycles. The molecule has 0 fully saturated rings. The first-order chi connectivity index (χ1) is 19.7. The number of carbonyl (C=O) groups excluding carboxylic acids is 4. The van der Waals surface area contributed by atoms with E-state index in [0.717, 1.165) is 11.3 Å². The number of hydrogen-bond acceptors (Lipinski definition) is 8. The molecule has 0 spiro atoms. The van der Waals surface area contributed by atoms with Gasteiger partial charge in [0.1, 0.15) is 12.4 Å². The first kappa shape index (κ1) is 30.8. The number of methoxy groups -OCH3 is 1. The van der Waals surface area contributed by atoms with Gasteiger partial charge in [0.25, 0.3) is 5.91 Å². The van der Waals surface area contributed by atoms with Crippen LogP contribution in [0.3, 0.4) is 0 Å². The molecular formula is C27H31ClN8O5. The van der Waals surface area contributed by atoms with Crippen molar-refractivity contribution < 1.29 is 23.9 Å². The summed E-state index contributed by atoms with van der Waals surface area (Å²) in [5.41, 5.74) is 2.13. The van der Waals surface area contributed by atoms with E-state index in [1.165, 1.54) is 36.3 Å². The summed E-state index contributed by atoms with van der Waals surface area (Å²) in [7, 11) is 1.22. The fourth-order valence-corrected chi connectivity index (χ4v) is 3.96. The number of amides is 4. The number of halogens is 1. The number of ether oxygens (including phenoxy) is 1. The zero-order chi connectivity index (χ0) is 29.8. The predicted molar refractivity (Wildman–Crippen MR) is 153 cm³/mol. The Morgan fingerprint density at radius 1 is 1.12 bits per heavy atom. The summed E-state index contributed by atoms with van der Waals surface area (Å²) in [6.45, 7) is 3.72. The fraction of sp³-hybridized carbons (Fsp3) is 0.296. The van der Waals surface area contributed by atoms with Crippen molar-refractivity contribution >= 4 is 46.8 Å². The summed E-state index contributed by atoms with van der Waals surface area (Å²) in [6, 6.07) is 8.74. The molecule has 14 heteroatoms. The van der Waals surface area contributed by atoms with E-state index in [4.69, 9.17) is 11.6 Å². The van der Waals surface area contributed by atoms with Crippen molar-refractivity contribution in [2.45, 2.75) is 39.2 Å². The van der Waals surface area contributed by atoms with E-state index in [0.29, 0.717) is 17.1 Å². The quantitative estimate of drug-likeness (QED) is 0.236. The zero-order valence-electron chi connectivity index (χ0n) is 22.8. The summed E-state index contributed by atoms with van der Waals surface area (Å²) in [5.74, 6) is -1.31. The second kappa shape index (κ2) is 15.1. The molecule has 0 saturated heterocycles. The van der Waals surface area contributed by atoms with Gasteiger partial charge in [-0.25, -0.2) is 9.48 Å². The van der Waals surface area contributed by atoms with Crippen molar-refractivity contribution in [3.63, 3.8) is 0 Å². The van der Waals surface area contributed by atoms with Crippen LogP contribution < -0.4 is 21.3 Å². The van der Waals surface area contributed by atoms with Crippen molar-refractivity contribution in [1.82, 2.24) is 30.8 Å². The number of nitrogens with one attached hydrogen (secondary N) is 4. The Hall–Kier alpha value is -4.78. The lowest BCUT2D eigenvalue weighted by Gasteiger charge is -2.19. The summed E-state index contributed by atoms with van der Waals surface area (Å²) < 4.78 is 6.10. The fourth-order valence-electron chi connectivity index (χ4n) is 3.76. The third kappa shape index (κ3) is 8.86. The molecule has 0 radical (unpaired) electrons. The second-order valence-corrected chi connectivity index (χ2v) is 9.11. The average Bonchev–Trinajstić information content (AvgIpc) is 3.50. The van der Waals surface area contributed by atoms with Crippen molar-refractivity contribution in [1.29, 1.82) is 0 Å². The molecule has 1 unspecified atom stereocenters. The highest BCUT2D eigenvalue weighted by atomic mass is 35.5. The number of aromatic nitrogens is 4. The largest absolute Gasteiger partial charge is 0.453 e. The Kier molecular flexibility index (Phi) is 11.3. The van der Waals surface area contributed by atoms with Crippen molar-refractivity contribution in [2.24, 2.45) is 0 Å². The van der Waals surface area contributed by atoms with Gasteiger partial charge in [-0.3, -0.25) is 19.7 Å². The highest BCUT2D eigenvalue weighted by Crippen LogP contribution is 2.23. The second-order valence-electron chi connectivity index (χ2n) is 8.68. The molecule has 0 aliphatic rings. The van der Waals surface area contributed by atoms with Gasteiger partial charge in [-0.2, -0.15) is 0 Å². The normalized spacial score (nSPS) is 11.5. The van der Waals surface area contributed by atoms with Crippen LogP contribution in [0.15, 0.2) is 54.9 Å². The Labute approximate surface area is 241 Å². The molecule has 1 atom stereocenters. The molecule has 0 saturated carbocycles. The van der Waals surface area contributed by atoms with Crippen LogP contribution >= 0.6 is 11.6 Å². The molecule has 41 heavy (non-hydrogen) atoms. The van der Waals surface area contributed by atoms with Crippen molar-refractivity contribution in [3.8, 4) is 5.69 Å². The van der Waals surface area contributed by atoms with Gasteiger partial charge in [0.05, 0.1) is 24.0 Å². The number of carbonyl (C=O) groups is 4. The predicted octanol–water partition coefficient (Wildman–Crippen LogP) is 3.27. The summed E-state index contributed by atoms with van der Waals surface area (Å²) in [5, 5.41) is 22.5. The van der Waals surface area contributed by atoms with Gasteiger partial charge in [-0.1, -0.05) is 30.7 Å². The van der Waals surface area contributed by atoms with Crippen LogP contribution in [0.5, 0.6) is 0 Å². The molecule has 2 aromatic carbocycles. The number of hydrogen-bond donors (Lipinski definition) is 4. The molecule has 0 aliphatic heterocycles. The molecule has 1 aromatic heterocycles. The van der Waals surface area contributed by atoms with E-state index in [2.05, 4.69) is 41.5 Å². The number of nitrogens with zero attached hydrogens (tertiary/aromatic N) is 4. The third-order valence-corrected chi connectivity index (χ3v) is 6.09. The Morgan fingerprint density at radius 3 is 2.61 bits per heavy atom. The smallest absolute Gasteiger partial charge is 0.411 e. The van der Waals surface area contributed by atoms with Gasteiger partial charge in [0.2, 0.25) is 11.8 Å². The highest BCUT2D eigenvalue weighted by molar-refractivity contribution is 6.30. The first-order valence-corrected chi connectivity index (χ1v) is 13.1. The van der Waals surface area contributed by atoms with Crippen molar-refractivity contribution in [3.05, 3.63) is 71.0 Å². The maximum Gasteiger partial charge on any atom is 0.411 e. The third-order valence-electron chi connectivity index (χ3n) is 5.85. The molecule has 216 valence electrons. The Balaban J connectivity index is 1.74. The van der Waals surface area contributed by atoms with Crippen LogP contribution in [0.2, 0.25) is 5.02 Å². The van der Waals surface area contributed by atoms with E-state index in [-0.39, 0.29) is 36.5 Å². The number of rotatable bonds is 12. The lowest BCUT2D eigenvalue weighted by Crippen LogP contribution is -2.47. The van der Waals surface area contributed by atoms with Crippen LogP contribution in [0, 0.1) is 0 Å². The Morgan fingerprint density at radius 2 is 1.93 bits per heavy atom. The minimum absolute atomic E-state index is 0.116. The minimum atomic E-state index is -0.903. The molecule has 1 heterocycles. The van der Waals surface area contributed by atoms with Crippen molar-refractivity contribution in [2.75, 3.05) is 24.3 Å². The van der Waals surface area contributed by atoms with E-state index < -0.39 is 23.9 Å². The standard InChI is InChI=1S/C27H31ClN8O5/c1-4-6-7-21(26(39)29-13-12-17-14-18(28)8-11-23(17)36-16-30-34-35-36)33-25(38)20-10-9-19(31-27(40)41-3)15-22(20)32-24(37)5-2/h4,6,8-11,14-16,21H,5,7,12-13H2,1-3H3,(H,29,39)(H,31,40)(H,32,37)(H,33,38)/b6-4+. The van der Waals surface area contributed by atoms with Gasteiger partial charge in [0, 0.05) is 23.7 Å². The summed E-state index contributed by atoms with van der Waals surface area (Å²) in [4.78, 5) is 50.2. The number of tetrazole rings is 1. The van der Waals surface area contributed by atoms with Gasteiger partial charge in [0.15, 0.2) is 0 Å². The maximum atomic E-state index is 13.3. The van der Waals surface area contributed by atoms with Gasteiger partial charge in [-0.05, 0) is 72.2 Å². The maximum absolute atomic E-state index is 13.3. The van der Waals surface area contributed by atoms with E-state index in [9.17, 15) is 19.2 Å².